The summed E-state index contributed by atoms with van der Waals surface area (Å²) in [5.41, 5.74) is 2.37. The second-order valence-electron chi connectivity index (χ2n) is 7.20. The van der Waals surface area contributed by atoms with Crippen LogP contribution in [0.25, 0.3) is 0 Å². The minimum absolute atomic E-state index is 0.249. The summed E-state index contributed by atoms with van der Waals surface area (Å²) in [5, 5.41) is 0. The molecule has 0 bridgehead atoms. The van der Waals surface area contributed by atoms with Gasteiger partial charge in [0.25, 0.3) is 0 Å². The van der Waals surface area contributed by atoms with E-state index in [4.69, 9.17) is 9.47 Å². The lowest BCUT2D eigenvalue weighted by atomic mass is 9.98. The summed E-state index contributed by atoms with van der Waals surface area (Å²) in [6.45, 7) is 3.05. The molecule has 0 radical (unpaired) electrons. The molecule has 2 aromatic carbocycles. The largest absolute Gasteiger partial charge is 0.497 e. The van der Waals surface area contributed by atoms with Crippen LogP contribution in [0.1, 0.15) is 30.4 Å². The fourth-order valence-electron chi connectivity index (χ4n) is 3.55. The van der Waals surface area contributed by atoms with Gasteiger partial charge >= 0.3 is 0 Å². The lowest BCUT2D eigenvalue weighted by Gasteiger charge is -2.32. The molecule has 4 nitrogen and oxygen atoms in total. The Bertz CT molecular complexity index is 699. The maximum Gasteiger partial charge on any atom is 0.222 e. The van der Waals surface area contributed by atoms with E-state index in [2.05, 4.69) is 12.1 Å². The van der Waals surface area contributed by atoms with Crippen molar-refractivity contribution in [2.24, 2.45) is 5.92 Å². The third-order valence-corrected chi connectivity index (χ3v) is 5.12. The summed E-state index contributed by atoms with van der Waals surface area (Å²) >= 11 is 0. The Morgan fingerprint density at radius 1 is 1.07 bits per heavy atom. The molecule has 144 valence electrons. The zero-order valence-corrected chi connectivity index (χ0v) is 16.1. The fourth-order valence-corrected chi connectivity index (χ4v) is 3.55. The number of aryl methyl sites for hydroxylation is 1. The molecule has 1 heterocycles. The molecule has 2 aromatic rings. The van der Waals surface area contributed by atoms with Crippen molar-refractivity contribution in [3.05, 3.63) is 65.7 Å². The average Bonchev–Trinajstić information content (AvgIpc) is 2.73. The number of hydrogen-bond acceptors (Lipinski definition) is 3. The standard InChI is InChI=1S/C23H29NO3/c1-26-22-12-9-19(10-13-22)11-14-23(25)24-15-5-8-21(16-24)18-27-17-20-6-3-2-4-7-20/h2-4,6-7,9-10,12-13,21H,5,8,11,14-18H2,1H3. The molecule has 27 heavy (non-hydrogen) atoms. The summed E-state index contributed by atoms with van der Waals surface area (Å²) in [6, 6.07) is 18.2. The molecule has 0 saturated carbocycles. The summed E-state index contributed by atoms with van der Waals surface area (Å²) < 4.78 is 11.1. The van der Waals surface area contributed by atoms with Crippen molar-refractivity contribution in [1.82, 2.24) is 4.90 Å². The van der Waals surface area contributed by atoms with Crippen molar-refractivity contribution in [2.75, 3.05) is 26.8 Å². The molecule has 0 spiro atoms. The normalized spacial score (nSPS) is 16.9. The van der Waals surface area contributed by atoms with Crippen LogP contribution in [0.5, 0.6) is 5.75 Å². The number of methoxy groups -OCH3 is 1. The Labute approximate surface area is 162 Å². The summed E-state index contributed by atoms with van der Waals surface area (Å²) in [6.07, 6.45) is 3.53. The number of benzene rings is 2. The Hall–Kier alpha value is -2.33. The van der Waals surface area contributed by atoms with E-state index in [1.165, 1.54) is 11.1 Å². The fraction of sp³-hybridized carbons (Fsp3) is 0.435. The van der Waals surface area contributed by atoms with Crippen LogP contribution in [-0.2, 0) is 22.6 Å². The van der Waals surface area contributed by atoms with E-state index in [1.54, 1.807) is 7.11 Å². The predicted octanol–water partition coefficient (Wildman–Crippen LogP) is 4.08. The van der Waals surface area contributed by atoms with Gasteiger partial charge in [0.15, 0.2) is 0 Å². The van der Waals surface area contributed by atoms with Crippen LogP contribution in [0.15, 0.2) is 54.6 Å². The van der Waals surface area contributed by atoms with Crippen molar-refractivity contribution < 1.29 is 14.3 Å². The summed E-state index contributed by atoms with van der Waals surface area (Å²) in [5.74, 6) is 1.53. The molecule has 1 aliphatic rings. The highest BCUT2D eigenvalue weighted by atomic mass is 16.5. The van der Waals surface area contributed by atoms with Crippen molar-refractivity contribution in [2.45, 2.75) is 32.3 Å². The molecule has 0 aliphatic carbocycles. The van der Waals surface area contributed by atoms with Gasteiger partial charge in [0.05, 0.1) is 20.3 Å². The maximum atomic E-state index is 12.6. The quantitative estimate of drug-likeness (QED) is 0.706. The number of carbonyl (C=O) groups excluding carboxylic acids is 1. The number of hydrogen-bond donors (Lipinski definition) is 0. The molecule has 1 aliphatic heterocycles. The minimum Gasteiger partial charge on any atom is -0.497 e. The third-order valence-electron chi connectivity index (χ3n) is 5.12. The number of rotatable bonds is 8. The highest BCUT2D eigenvalue weighted by Gasteiger charge is 2.23. The second-order valence-corrected chi connectivity index (χ2v) is 7.20. The zero-order chi connectivity index (χ0) is 18.9. The zero-order valence-electron chi connectivity index (χ0n) is 16.1. The van der Waals surface area contributed by atoms with Crippen LogP contribution < -0.4 is 4.74 Å². The van der Waals surface area contributed by atoms with E-state index in [0.717, 1.165) is 44.7 Å². The van der Waals surface area contributed by atoms with E-state index < -0.39 is 0 Å². The van der Waals surface area contributed by atoms with Gasteiger partial charge in [-0.3, -0.25) is 4.79 Å². The number of likely N-dealkylation sites (tertiary alicyclic amines) is 1. The summed E-state index contributed by atoms with van der Waals surface area (Å²) in [7, 11) is 1.66. The molecule has 1 unspecified atom stereocenters. The van der Waals surface area contributed by atoms with Crippen LogP contribution in [0.3, 0.4) is 0 Å². The van der Waals surface area contributed by atoms with Gasteiger partial charge in [0.2, 0.25) is 5.91 Å². The van der Waals surface area contributed by atoms with Crippen LogP contribution in [0.4, 0.5) is 0 Å². The van der Waals surface area contributed by atoms with Crippen LogP contribution >= 0.6 is 0 Å². The van der Waals surface area contributed by atoms with Crippen molar-refractivity contribution in [3.63, 3.8) is 0 Å². The Balaban J connectivity index is 1.40. The lowest BCUT2D eigenvalue weighted by molar-refractivity contribution is -0.133. The first kappa shape index (κ1) is 19.4. The van der Waals surface area contributed by atoms with Gasteiger partial charge in [-0.2, -0.15) is 0 Å². The average molecular weight is 367 g/mol. The molecule has 1 amide bonds. The number of amides is 1. The number of nitrogens with zero attached hydrogens (tertiary/aromatic N) is 1. The van der Waals surface area contributed by atoms with Gasteiger partial charge < -0.3 is 14.4 Å². The second kappa shape index (κ2) is 10.1. The number of carbonyl (C=O) groups is 1. The van der Waals surface area contributed by atoms with Crippen LogP contribution in [0.2, 0.25) is 0 Å². The van der Waals surface area contributed by atoms with E-state index in [9.17, 15) is 4.79 Å². The van der Waals surface area contributed by atoms with Gasteiger partial charge in [0, 0.05) is 19.5 Å². The third kappa shape index (κ3) is 6.10. The molecular formula is C23H29NO3. The SMILES string of the molecule is COc1ccc(CCC(=O)N2CCCC(COCc3ccccc3)C2)cc1. The van der Waals surface area contributed by atoms with Crippen molar-refractivity contribution >= 4 is 5.91 Å². The minimum atomic E-state index is 0.249. The van der Waals surface area contributed by atoms with Gasteiger partial charge in [0.1, 0.15) is 5.75 Å². The van der Waals surface area contributed by atoms with Crippen molar-refractivity contribution in [3.8, 4) is 5.75 Å². The maximum absolute atomic E-state index is 12.6. The molecule has 1 fully saturated rings. The number of piperidine rings is 1. The Kier molecular flexibility index (Phi) is 7.28. The summed E-state index contributed by atoms with van der Waals surface area (Å²) in [4.78, 5) is 14.6. The number of ether oxygens (including phenoxy) is 2. The molecule has 1 atom stereocenters. The molecule has 0 aromatic heterocycles. The molecule has 0 N–H and O–H groups in total. The van der Waals surface area contributed by atoms with E-state index in [1.807, 2.05) is 47.4 Å². The van der Waals surface area contributed by atoms with Crippen molar-refractivity contribution in [1.29, 1.82) is 0 Å². The monoisotopic (exact) mass is 367 g/mol. The first-order chi connectivity index (χ1) is 13.2. The Morgan fingerprint density at radius 3 is 2.59 bits per heavy atom. The van der Waals surface area contributed by atoms with Crippen LogP contribution in [0, 0.1) is 5.92 Å². The topological polar surface area (TPSA) is 38.8 Å². The molecular weight excluding hydrogens is 338 g/mol. The lowest BCUT2D eigenvalue weighted by Crippen LogP contribution is -2.41. The Morgan fingerprint density at radius 2 is 1.85 bits per heavy atom. The first-order valence-electron chi connectivity index (χ1n) is 9.77. The smallest absolute Gasteiger partial charge is 0.222 e. The molecule has 4 heteroatoms. The van der Waals surface area contributed by atoms with Gasteiger partial charge in [-0.15, -0.1) is 0 Å². The van der Waals surface area contributed by atoms with E-state index in [0.29, 0.717) is 18.9 Å². The van der Waals surface area contributed by atoms with Gasteiger partial charge in [-0.05, 0) is 48.4 Å². The van der Waals surface area contributed by atoms with Gasteiger partial charge in [-0.1, -0.05) is 42.5 Å². The van der Waals surface area contributed by atoms with Gasteiger partial charge in [-0.25, -0.2) is 0 Å². The first-order valence-corrected chi connectivity index (χ1v) is 9.77. The molecule has 3 rings (SSSR count). The highest BCUT2D eigenvalue weighted by Crippen LogP contribution is 2.19. The van der Waals surface area contributed by atoms with Crippen LogP contribution in [-0.4, -0.2) is 37.6 Å². The predicted molar refractivity (Wildman–Crippen MR) is 107 cm³/mol. The molecule has 1 saturated heterocycles. The van der Waals surface area contributed by atoms with E-state index in [-0.39, 0.29) is 5.91 Å². The highest BCUT2D eigenvalue weighted by molar-refractivity contribution is 5.76. The van der Waals surface area contributed by atoms with E-state index >= 15 is 0 Å².